The van der Waals surface area contributed by atoms with Gasteiger partial charge < -0.3 is 10.2 Å². The molecule has 4 aromatic rings. The van der Waals surface area contributed by atoms with Crippen LogP contribution in [0.4, 0.5) is 11.6 Å². The third-order valence-corrected chi connectivity index (χ3v) is 8.39. The number of hydrogen-bond acceptors (Lipinski definition) is 8. The Kier molecular flexibility index (Phi) is 6.37. The van der Waals surface area contributed by atoms with E-state index in [0.717, 1.165) is 58.4 Å². The molecule has 0 amide bonds. The fraction of sp³-hybridized carbons (Fsp3) is 0.435. The normalized spacial score (nSPS) is 16.6. The molecule has 5 rings (SSSR count). The van der Waals surface area contributed by atoms with Gasteiger partial charge in [0.2, 0.25) is 0 Å². The van der Waals surface area contributed by atoms with Gasteiger partial charge in [-0.1, -0.05) is 6.92 Å². The highest BCUT2D eigenvalue weighted by atomic mass is 32.2. The first-order valence-electron chi connectivity index (χ1n) is 11.9. The van der Waals surface area contributed by atoms with E-state index in [4.69, 9.17) is 4.98 Å². The number of pyridine rings is 1. The Labute approximate surface area is 204 Å². The molecule has 35 heavy (non-hydrogen) atoms. The predicted octanol–water partition coefficient (Wildman–Crippen LogP) is 1.65. The van der Waals surface area contributed by atoms with Gasteiger partial charge in [0.25, 0.3) is 10.0 Å². The first-order chi connectivity index (χ1) is 17.0. The number of rotatable bonds is 8. The van der Waals surface area contributed by atoms with Crippen LogP contribution >= 0.6 is 0 Å². The van der Waals surface area contributed by atoms with Crippen molar-refractivity contribution in [2.24, 2.45) is 0 Å². The highest BCUT2D eigenvalue weighted by molar-refractivity contribution is 7.90. The van der Waals surface area contributed by atoms with E-state index in [-0.39, 0.29) is 0 Å². The summed E-state index contributed by atoms with van der Waals surface area (Å²) < 4.78 is 31.1. The van der Waals surface area contributed by atoms with Crippen LogP contribution in [0.3, 0.4) is 0 Å². The highest BCUT2D eigenvalue weighted by Gasteiger charge is 2.33. The van der Waals surface area contributed by atoms with Crippen LogP contribution in [0.1, 0.15) is 37.8 Å². The minimum Gasteiger partial charge on any atom is -0.366 e. The zero-order valence-corrected chi connectivity index (χ0v) is 20.8. The van der Waals surface area contributed by atoms with Crippen molar-refractivity contribution in [3.05, 3.63) is 60.6 Å². The van der Waals surface area contributed by atoms with Crippen molar-refractivity contribution in [2.75, 3.05) is 23.3 Å². The summed E-state index contributed by atoms with van der Waals surface area (Å²) >= 11 is 0. The van der Waals surface area contributed by atoms with Crippen molar-refractivity contribution in [1.29, 1.82) is 0 Å². The van der Waals surface area contributed by atoms with Gasteiger partial charge in [0.1, 0.15) is 30.8 Å². The number of nitrogens with zero attached hydrogens (tertiary/aromatic N) is 8. The molecule has 0 radical (unpaired) electrons. The number of fused-ring (bicyclic) bond motifs is 1. The second kappa shape index (κ2) is 9.61. The highest BCUT2D eigenvalue weighted by Crippen LogP contribution is 2.27. The molecule has 5 heterocycles. The van der Waals surface area contributed by atoms with Crippen molar-refractivity contribution in [3.8, 4) is 0 Å². The van der Waals surface area contributed by atoms with Gasteiger partial charge in [-0.3, -0.25) is 0 Å². The maximum atomic E-state index is 13.1. The minimum absolute atomic E-state index is 0.343. The van der Waals surface area contributed by atoms with E-state index in [0.29, 0.717) is 19.5 Å². The van der Waals surface area contributed by atoms with Gasteiger partial charge in [-0.05, 0) is 32.3 Å². The van der Waals surface area contributed by atoms with Crippen LogP contribution in [-0.4, -0.2) is 55.5 Å². The molecule has 1 N–H and O–H groups in total. The summed E-state index contributed by atoms with van der Waals surface area (Å²) in [6.07, 6.45) is 10.6. The average Bonchev–Trinajstić information content (AvgIpc) is 3.58. The topological polar surface area (TPSA) is 114 Å². The molecule has 1 aliphatic rings. The average molecular weight is 497 g/mol. The van der Waals surface area contributed by atoms with Crippen LogP contribution in [0.5, 0.6) is 0 Å². The lowest BCUT2D eigenvalue weighted by molar-refractivity contribution is -0.693. The number of aryl methyl sites for hydroxylation is 2. The fourth-order valence-corrected chi connectivity index (χ4v) is 5.97. The lowest BCUT2D eigenvalue weighted by Crippen LogP contribution is -2.44. The molecule has 0 spiro atoms. The third-order valence-electron chi connectivity index (χ3n) is 6.45. The lowest BCUT2D eigenvalue weighted by atomic mass is 10.1. The molecular weight excluding hydrogens is 466 g/mol. The number of piperidine rings is 1. The molecule has 0 bridgehead atoms. The summed E-state index contributed by atoms with van der Waals surface area (Å²) in [6.45, 7) is 6.80. The summed E-state index contributed by atoms with van der Waals surface area (Å²) in [5.41, 5.74) is 2.98. The maximum absolute atomic E-state index is 13.1. The van der Waals surface area contributed by atoms with Gasteiger partial charge in [0.05, 0.1) is 11.4 Å². The predicted molar refractivity (Wildman–Crippen MR) is 132 cm³/mol. The molecule has 0 aliphatic carbocycles. The Morgan fingerprint density at radius 2 is 2.14 bits per heavy atom. The molecule has 0 aromatic carbocycles. The Hall–Kier alpha value is -3.54. The number of anilines is 2. The van der Waals surface area contributed by atoms with Gasteiger partial charge in [-0.25, -0.2) is 23.0 Å². The van der Waals surface area contributed by atoms with Crippen molar-refractivity contribution >= 4 is 27.3 Å². The molecule has 12 heteroatoms. The van der Waals surface area contributed by atoms with Crippen molar-refractivity contribution < 1.29 is 13.0 Å². The molecule has 1 unspecified atom stereocenters. The largest absolute Gasteiger partial charge is 0.366 e. The number of aromatic nitrogens is 7. The summed E-state index contributed by atoms with van der Waals surface area (Å²) in [4.78, 5) is 10.8. The van der Waals surface area contributed by atoms with Crippen LogP contribution in [-0.2, 0) is 29.5 Å². The van der Waals surface area contributed by atoms with Crippen LogP contribution < -0.4 is 14.8 Å². The number of hydrogen-bond donors (Lipinski definition) is 1. The summed E-state index contributed by atoms with van der Waals surface area (Å²) in [7, 11) is -3.63. The van der Waals surface area contributed by atoms with Crippen LogP contribution in [0, 0.1) is 0 Å². The molecule has 1 aliphatic heterocycles. The van der Waals surface area contributed by atoms with Crippen LogP contribution in [0.2, 0.25) is 0 Å². The summed E-state index contributed by atoms with van der Waals surface area (Å²) in [5.74, 6) is 1.56. The molecular formula is C23H30N9O2S+. The van der Waals surface area contributed by atoms with E-state index >= 15 is 0 Å². The van der Waals surface area contributed by atoms with E-state index in [1.807, 2.05) is 33.9 Å². The Morgan fingerprint density at radius 3 is 2.91 bits per heavy atom. The zero-order valence-electron chi connectivity index (χ0n) is 19.9. The third kappa shape index (κ3) is 4.57. The van der Waals surface area contributed by atoms with E-state index in [1.54, 1.807) is 0 Å². The quantitative estimate of drug-likeness (QED) is 0.366. The number of nitrogens with one attached hydrogen (secondary N) is 1. The van der Waals surface area contributed by atoms with Gasteiger partial charge in [-0.2, -0.15) is 9.61 Å². The molecule has 1 saturated heterocycles. The fourth-order valence-electron chi connectivity index (χ4n) is 4.47. The van der Waals surface area contributed by atoms with Crippen molar-refractivity contribution in [1.82, 2.24) is 28.8 Å². The zero-order chi connectivity index (χ0) is 24.4. The Bertz CT molecular complexity index is 1420. The molecule has 1 atom stereocenters. The SMILES string of the molecule is CCc1cnn2c(NCc3ccc[n+](CC)c3)cc(N3CCCC(S(=O)(=O)n4cncn4)C3)nc12. The van der Waals surface area contributed by atoms with Gasteiger partial charge in [-0.15, -0.1) is 9.19 Å². The first kappa shape index (κ1) is 23.2. The molecule has 1 fully saturated rings. The molecule has 184 valence electrons. The van der Waals surface area contributed by atoms with Crippen LogP contribution in [0.25, 0.3) is 5.65 Å². The Morgan fingerprint density at radius 1 is 1.26 bits per heavy atom. The van der Waals surface area contributed by atoms with E-state index < -0.39 is 15.3 Å². The van der Waals surface area contributed by atoms with E-state index in [1.165, 1.54) is 12.7 Å². The Balaban J connectivity index is 1.45. The molecule has 11 nitrogen and oxygen atoms in total. The smallest absolute Gasteiger partial charge is 0.259 e. The van der Waals surface area contributed by atoms with E-state index in [2.05, 4.69) is 51.2 Å². The first-order valence-corrected chi connectivity index (χ1v) is 13.4. The molecule has 0 saturated carbocycles. The lowest BCUT2D eigenvalue weighted by Gasteiger charge is -2.33. The van der Waals surface area contributed by atoms with Gasteiger partial charge in [0, 0.05) is 42.9 Å². The van der Waals surface area contributed by atoms with Gasteiger partial charge >= 0.3 is 0 Å². The minimum atomic E-state index is -3.63. The maximum Gasteiger partial charge on any atom is 0.259 e. The summed E-state index contributed by atoms with van der Waals surface area (Å²) in [6, 6.07) is 6.09. The van der Waals surface area contributed by atoms with Crippen LogP contribution in [0.15, 0.2) is 49.4 Å². The van der Waals surface area contributed by atoms with Gasteiger partial charge in [0.15, 0.2) is 18.0 Å². The van der Waals surface area contributed by atoms with Crippen molar-refractivity contribution in [2.45, 2.75) is 51.4 Å². The monoisotopic (exact) mass is 496 g/mol. The van der Waals surface area contributed by atoms with Crippen molar-refractivity contribution in [3.63, 3.8) is 0 Å². The molecule has 4 aromatic heterocycles. The van der Waals surface area contributed by atoms with E-state index in [9.17, 15) is 8.42 Å². The second-order valence-electron chi connectivity index (χ2n) is 8.68. The summed E-state index contributed by atoms with van der Waals surface area (Å²) in [5, 5.41) is 11.3. The standard InChI is InChI=1S/C23H30N9O2S/c1-3-19-13-26-32-21(25-12-18-7-5-9-29(4-2)14-18)11-22(28-23(19)32)30-10-6-8-20(15-30)35(33,34)31-17-24-16-27-31/h5,7,9,11,13-14,16-17,20,25H,3-4,6,8,10,12,15H2,1-2H3/q+1. The second-order valence-corrected chi connectivity index (χ2v) is 10.7.